The quantitative estimate of drug-likeness (QED) is 0.601. The molecule has 1 aliphatic heterocycles. The summed E-state index contributed by atoms with van der Waals surface area (Å²) >= 11 is 0. The van der Waals surface area contributed by atoms with Gasteiger partial charge in [-0.3, -0.25) is 4.79 Å². The average molecular weight is 168 g/mol. The van der Waals surface area contributed by atoms with E-state index < -0.39 is 0 Å². The van der Waals surface area contributed by atoms with E-state index in [2.05, 4.69) is 12.2 Å². The molecule has 0 radical (unpaired) electrons. The maximum absolute atomic E-state index is 11.7. The van der Waals surface area contributed by atoms with Gasteiger partial charge in [0.05, 0.1) is 0 Å². The van der Waals surface area contributed by atoms with E-state index in [1.54, 1.807) is 0 Å². The zero-order chi connectivity index (χ0) is 8.55. The van der Waals surface area contributed by atoms with Gasteiger partial charge < -0.3 is 10.2 Å². The molecule has 0 bridgehead atoms. The fourth-order valence-corrected chi connectivity index (χ4v) is 1.79. The highest BCUT2D eigenvalue weighted by Gasteiger charge is 2.41. The lowest BCUT2D eigenvalue weighted by Crippen LogP contribution is -2.47. The number of hydrogen-bond donors (Lipinski definition) is 1. The molecule has 0 spiro atoms. The fraction of sp³-hybridized carbons (Fsp3) is 0.889. The SMILES string of the molecule is C[C@@H]1C[C@@H]1C(=O)N1CCNCC1. The van der Waals surface area contributed by atoms with Crippen molar-refractivity contribution in [3.8, 4) is 0 Å². The molecule has 2 fully saturated rings. The van der Waals surface area contributed by atoms with Crippen LogP contribution in [0.1, 0.15) is 13.3 Å². The number of piperazine rings is 1. The largest absolute Gasteiger partial charge is 0.340 e. The molecule has 3 nitrogen and oxygen atoms in total. The van der Waals surface area contributed by atoms with Crippen LogP contribution in [-0.4, -0.2) is 37.0 Å². The minimum Gasteiger partial charge on any atom is -0.340 e. The normalized spacial score (nSPS) is 34.9. The van der Waals surface area contributed by atoms with Crippen molar-refractivity contribution >= 4 is 5.91 Å². The van der Waals surface area contributed by atoms with Gasteiger partial charge in [0, 0.05) is 32.1 Å². The molecule has 2 aliphatic rings. The Morgan fingerprint density at radius 3 is 2.50 bits per heavy atom. The fourth-order valence-electron chi connectivity index (χ4n) is 1.79. The van der Waals surface area contributed by atoms with Crippen molar-refractivity contribution in [3.05, 3.63) is 0 Å². The van der Waals surface area contributed by atoms with Gasteiger partial charge in [0.15, 0.2) is 0 Å². The Morgan fingerprint density at radius 2 is 2.00 bits per heavy atom. The van der Waals surface area contributed by atoms with Crippen LogP contribution in [0, 0.1) is 11.8 Å². The molecule has 0 unspecified atom stereocenters. The summed E-state index contributed by atoms with van der Waals surface area (Å²) in [4.78, 5) is 13.7. The molecule has 1 amide bonds. The highest BCUT2D eigenvalue weighted by molar-refractivity contribution is 5.81. The molecule has 68 valence electrons. The van der Waals surface area contributed by atoms with Gasteiger partial charge in [0.2, 0.25) is 5.91 Å². The molecule has 1 aliphatic carbocycles. The summed E-state index contributed by atoms with van der Waals surface area (Å²) in [6.45, 7) is 5.90. The minimum atomic E-state index is 0.364. The Morgan fingerprint density at radius 1 is 1.42 bits per heavy atom. The van der Waals surface area contributed by atoms with Crippen molar-refractivity contribution < 1.29 is 4.79 Å². The Bertz CT molecular complexity index is 187. The lowest BCUT2D eigenvalue weighted by molar-refractivity contribution is -0.133. The summed E-state index contributed by atoms with van der Waals surface area (Å²) in [6.07, 6.45) is 1.11. The molecule has 0 aromatic heterocycles. The second kappa shape index (κ2) is 3.05. The number of carbonyl (C=O) groups excluding carboxylic acids is 1. The van der Waals surface area contributed by atoms with Gasteiger partial charge in [-0.05, 0) is 12.3 Å². The molecule has 12 heavy (non-hydrogen) atoms. The van der Waals surface area contributed by atoms with Gasteiger partial charge in [-0.1, -0.05) is 6.92 Å². The van der Waals surface area contributed by atoms with E-state index in [9.17, 15) is 4.79 Å². The van der Waals surface area contributed by atoms with Gasteiger partial charge >= 0.3 is 0 Å². The van der Waals surface area contributed by atoms with Crippen LogP contribution in [0.25, 0.3) is 0 Å². The van der Waals surface area contributed by atoms with Gasteiger partial charge in [-0.2, -0.15) is 0 Å². The van der Waals surface area contributed by atoms with Gasteiger partial charge in [0.25, 0.3) is 0 Å². The second-order valence-corrected chi connectivity index (χ2v) is 3.89. The van der Waals surface area contributed by atoms with Crippen LogP contribution in [-0.2, 0) is 4.79 Å². The number of hydrogen-bond acceptors (Lipinski definition) is 2. The molecule has 1 heterocycles. The van der Waals surface area contributed by atoms with Crippen LogP contribution < -0.4 is 5.32 Å². The number of nitrogens with one attached hydrogen (secondary N) is 1. The van der Waals surface area contributed by atoms with E-state index in [1.165, 1.54) is 0 Å². The van der Waals surface area contributed by atoms with Crippen LogP contribution in [0.15, 0.2) is 0 Å². The lowest BCUT2D eigenvalue weighted by Gasteiger charge is -2.27. The van der Waals surface area contributed by atoms with Gasteiger partial charge in [-0.15, -0.1) is 0 Å². The van der Waals surface area contributed by atoms with Gasteiger partial charge in [0.1, 0.15) is 0 Å². The van der Waals surface area contributed by atoms with Crippen molar-refractivity contribution in [1.82, 2.24) is 10.2 Å². The predicted octanol–water partition coefficient (Wildman–Crippen LogP) is 0.0742. The maximum Gasteiger partial charge on any atom is 0.226 e. The first kappa shape index (κ1) is 8.05. The van der Waals surface area contributed by atoms with E-state index in [0.29, 0.717) is 17.7 Å². The van der Waals surface area contributed by atoms with Crippen molar-refractivity contribution in [2.45, 2.75) is 13.3 Å². The van der Waals surface area contributed by atoms with E-state index in [1.807, 2.05) is 4.90 Å². The number of nitrogens with zero attached hydrogens (tertiary/aromatic N) is 1. The van der Waals surface area contributed by atoms with Crippen LogP contribution in [0.3, 0.4) is 0 Å². The zero-order valence-corrected chi connectivity index (χ0v) is 7.55. The third kappa shape index (κ3) is 1.46. The van der Waals surface area contributed by atoms with Crippen molar-refractivity contribution in [2.75, 3.05) is 26.2 Å². The van der Waals surface area contributed by atoms with E-state index in [-0.39, 0.29) is 0 Å². The van der Waals surface area contributed by atoms with Crippen LogP contribution >= 0.6 is 0 Å². The summed E-state index contributed by atoms with van der Waals surface area (Å²) in [6, 6.07) is 0. The van der Waals surface area contributed by atoms with Crippen molar-refractivity contribution in [1.29, 1.82) is 0 Å². The summed E-state index contributed by atoms with van der Waals surface area (Å²) in [7, 11) is 0. The van der Waals surface area contributed by atoms with E-state index in [4.69, 9.17) is 0 Å². The smallest absolute Gasteiger partial charge is 0.226 e. The van der Waals surface area contributed by atoms with Crippen LogP contribution in [0.5, 0.6) is 0 Å². The van der Waals surface area contributed by atoms with E-state index in [0.717, 1.165) is 32.6 Å². The summed E-state index contributed by atoms with van der Waals surface area (Å²) in [5.41, 5.74) is 0. The molecule has 1 saturated carbocycles. The molecule has 1 saturated heterocycles. The lowest BCUT2D eigenvalue weighted by atomic mass is 10.2. The number of rotatable bonds is 1. The third-order valence-corrected chi connectivity index (χ3v) is 2.86. The predicted molar refractivity (Wildman–Crippen MR) is 46.7 cm³/mol. The highest BCUT2D eigenvalue weighted by atomic mass is 16.2. The molecule has 2 rings (SSSR count). The maximum atomic E-state index is 11.7. The molecule has 2 atom stereocenters. The van der Waals surface area contributed by atoms with Crippen LogP contribution in [0.4, 0.5) is 0 Å². The van der Waals surface area contributed by atoms with Crippen LogP contribution in [0.2, 0.25) is 0 Å². The van der Waals surface area contributed by atoms with Gasteiger partial charge in [-0.25, -0.2) is 0 Å². The molecule has 0 aromatic carbocycles. The first-order valence-corrected chi connectivity index (χ1v) is 4.78. The Balaban J connectivity index is 1.86. The van der Waals surface area contributed by atoms with Crippen molar-refractivity contribution in [2.24, 2.45) is 11.8 Å². The molecule has 1 N–H and O–H groups in total. The van der Waals surface area contributed by atoms with Crippen molar-refractivity contribution in [3.63, 3.8) is 0 Å². The summed E-state index contributed by atoms with van der Waals surface area (Å²) < 4.78 is 0. The first-order valence-electron chi connectivity index (χ1n) is 4.78. The topological polar surface area (TPSA) is 32.3 Å². The minimum absolute atomic E-state index is 0.364. The van der Waals surface area contributed by atoms with E-state index >= 15 is 0 Å². The average Bonchev–Trinajstić information content (AvgIpc) is 2.83. The number of carbonyl (C=O) groups is 1. The second-order valence-electron chi connectivity index (χ2n) is 3.89. The molecular weight excluding hydrogens is 152 g/mol. The summed E-state index contributed by atoms with van der Waals surface area (Å²) in [5.74, 6) is 1.40. The standard InChI is InChI=1S/C9H16N2O/c1-7-6-8(7)9(12)11-4-2-10-3-5-11/h7-8,10H,2-6H2,1H3/t7-,8+/m1/s1. The molecule has 0 aromatic rings. The summed E-state index contributed by atoms with van der Waals surface area (Å²) in [5, 5.41) is 3.25. The first-order chi connectivity index (χ1) is 5.79. The highest BCUT2D eigenvalue weighted by Crippen LogP contribution is 2.39. The number of amides is 1. The Kier molecular flexibility index (Phi) is 2.05. The Labute approximate surface area is 73.1 Å². The zero-order valence-electron chi connectivity index (χ0n) is 7.55. The third-order valence-electron chi connectivity index (χ3n) is 2.86. The molecule has 3 heteroatoms. The Hall–Kier alpha value is -0.570. The molecular formula is C9H16N2O. The monoisotopic (exact) mass is 168 g/mol.